The van der Waals surface area contributed by atoms with E-state index in [1.54, 1.807) is 69.5 Å². The van der Waals surface area contributed by atoms with Crippen molar-refractivity contribution >= 4 is 17.3 Å². The number of hydrogen-bond donors (Lipinski definition) is 0. The Morgan fingerprint density at radius 1 is 0.958 bits per heavy atom. The van der Waals surface area contributed by atoms with Gasteiger partial charge in [0.2, 0.25) is 5.78 Å². The van der Waals surface area contributed by atoms with Gasteiger partial charge in [-0.15, -0.1) is 0 Å². The first kappa shape index (κ1) is 17.5. The fourth-order valence-electron chi connectivity index (χ4n) is 2.21. The Labute approximate surface area is 141 Å². The third kappa shape index (κ3) is 3.90. The van der Waals surface area contributed by atoms with Crippen molar-refractivity contribution < 1.29 is 19.1 Å². The molecule has 0 fully saturated rings. The molecular weight excluding hydrogens is 304 g/mol. The van der Waals surface area contributed by atoms with Gasteiger partial charge in [0.1, 0.15) is 5.75 Å². The molecule has 0 aliphatic rings. The van der Waals surface area contributed by atoms with Crippen LogP contribution in [0.15, 0.2) is 61.2 Å². The van der Waals surface area contributed by atoms with E-state index in [-0.39, 0.29) is 11.4 Å². The third-order valence-electron chi connectivity index (χ3n) is 3.60. The van der Waals surface area contributed by atoms with Crippen LogP contribution in [0, 0.1) is 0 Å². The van der Waals surface area contributed by atoms with Gasteiger partial charge in [-0.05, 0) is 31.5 Å². The van der Waals surface area contributed by atoms with E-state index in [0.717, 1.165) is 0 Å². The second-order valence-corrected chi connectivity index (χ2v) is 5.81. The molecule has 0 aromatic heterocycles. The highest BCUT2D eigenvalue weighted by atomic mass is 16.6. The highest BCUT2D eigenvalue weighted by Crippen LogP contribution is 2.24. The van der Waals surface area contributed by atoms with Crippen molar-refractivity contribution in [2.24, 2.45) is 0 Å². The van der Waals surface area contributed by atoms with Crippen molar-refractivity contribution in [1.29, 1.82) is 0 Å². The molecule has 0 spiro atoms. The quantitative estimate of drug-likeness (QED) is 0.459. The molecule has 0 N–H and O–H groups in total. The van der Waals surface area contributed by atoms with Crippen molar-refractivity contribution in [2.75, 3.05) is 7.11 Å². The lowest BCUT2D eigenvalue weighted by Gasteiger charge is -2.24. The van der Waals surface area contributed by atoms with Crippen molar-refractivity contribution in [1.82, 2.24) is 0 Å². The van der Waals surface area contributed by atoms with Crippen LogP contribution in [-0.2, 0) is 9.53 Å². The molecule has 4 nitrogen and oxygen atoms in total. The minimum Gasteiger partial charge on any atom is -0.497 e. The smallest absolute Gasteiger partial charge is 0.339 e. The largest absolute Gasteiger partial charge is 0.497 e. The number of Topliss-reactive ketones (excluding diaryl/α,β-unsaturated/α-hetero) is 1. The predicted molar refractivity (Wildman–Crippen MR) is 93.0 cm³/mol. The van der Waals surface area contributed by atoms with Gasteiger partial charge >= 0.3 is 5.97 Å². The fourth-order valence-corrected chi connectivity index (χ4v) is 2.21. The van der Waals surface area contributed by atoms with Crippen molar-refractivity contribution in [3.63, 3.8) is 0 Å². The van der Waals surface area contributed by atoms with E-state index in [4.69, 9.17) is 9.47 Å². The van der Waals surface area contributed by atoms with Crippen LogP contribution >= 0.6 is 0 Å². The summed E-state index contributed by atoms with van der Waals surface area (Å²) in [6.45, 7) is 6.91. The molecule has 0 atom stereocenters. The van der Waals surface area contributed by atoms with Crippen LogP contribution in [0.25, 0.3) is 5.57 Å². The number of benzene rings is 2. The molecule has 2 aromatic rings. The summed E-state index contributed by atoms with van der Waals surface area (Å²) in [6, 6.07) is 15.7. The van der Waals surface area contributed by atoms with Gasteiger partial charge in [0.05, 0.1) is 12.7 Å². The number of hydrogen-bond acceptors (Lipinski definition) is 4. The first-order chi connectivity index (χ1) is 11.3. The van der Waals surface area contributed by atoms with Crippen LogP contribution in [-0.4, -0.2) is 24.5 Å². The number of carbonyl (C=O) groups is 2. The van der Waals surface area contributed by atoms with E-state index in [9.17, 15) is 9.59 Å². The van der Waals surface area contributed by atoms with Gasteiger partial charge in [0.25, 0.3) is 0 Å². The van der Waals surface area contributed by atoms with Crippen LogP contribution in [0.3, 0.4) is 0 Å². The molecule has 24 heavy (non-hydrogen) atoms. The Morgan fingerprint density at radius 2 is 1.58 bits per heavy atom. The topological polar surface area (TPSA) is 52.6 Å². The highest BCUT2D eigenvalue weighted by molar-refractivity contribution is 6.17. The van der Waals surface area contributed by atoms with Gasteiger partial charge in [0, 0.05) is 5.56 Å². The zero-order valence-corrected chi connectivity index (χ0v) is 14.0. The van der Waals surface area contributed by atoms with E-state index in [0.29, 0.717) is 16.9 Å². The van der Waals surface area contributed by atoms with Crippen molar-refractivity contribution in [2.45, 2.75) is 19.4 Å². The maximum absolute atomic E-state index is 12.5. The Bertz CT molecular complexity index is 760. The molecule has 0 unspecified atom stereocenters. The zero-order chi connectivity index (χ0) is 17.7. The number of ketones is 1. The summed E-state index contributed by atoms with van der Waals surface area (Å²) < 4.78 is 10.5. The molecule has 2 aromatic carbocycles. The van der Waals surface area contributed by atoms with Crippen molar-refractivity contribution in [3.8, 4) is 5.75 Å². The second kappa shape index (κ2) is 7.13. The molecular formula is C20H20O4. The van der Waals surface area contributed by atoms with Crippen LogP contribution in [0.1, 0.15) is 29.8 Å². The lowest BCUT2D eigenvalue weighted by atomic mass is 9.96. The van der Waals surface area contributed by atoms with Crippen molar-refractivity contribution in [3.05, 3.63) is 72.3 Å². The molecule has 0 bridgehead atoms. The Kier molecular flexibility index (Phi) is 5.19. The minimum atomic E-state index is -1.29. The number of esters is 1. The van der Waals surface area contributed by atoms with E-state index in [1.807, 2.05) is 6.07 Å². The molecule has 0 heterocycles. The summed E-state index contributed by atoms with van der Waals surface area (Å²) >= 11 is 0. The second-order valence-electron chi connectivity index (χ2n) is 5.81. The molecule has 124 valence electrons. The standard InChI is InChI=1S/C20H20O4/c1-14(16-11-8-12-17(13-16)23-4)19(22)24-20(2,3)18(21)15-9-6-5-7-10-15/h5-13H,1H2,2-4H3. The maximum Gasteiger partial charge on any atom is 0.339 e. The van der Waals surface area contributed by atoms with Gasteiger partial charge in [-0.2, -0.15) is 0 Å². The van der Waals surface area contributed by atoms with E-state index < -0.39 is 11.6 Å². The molecule has 0 aliphatic heterocycles. The van der Waals surface area contributed by atoms with E-state index >= 15 is 0 Å². The lowest BCUT2D eigenvalue weighted by molar-refractivity contribution is -0.145. The molecule has 0 aliphatic carbocycles. The SMILES string of the molecule is C=C(C(=O)OC(C)(C)C(=O)c1ccccc1)c1cccc(OC)c1. The van der Waals surface area contributed by atoms with Gasteiger partial charge in [-0.3, -0.25) is 4.79 Å². The Morgan fingerprint density at radius 3 is 2.21 bits per heavy atom. The first-order valence-corrected chi connectivity index (χ1v) is 7.51. The molecule has 4 heteroatoms. The van der Waals surface area contributed by atoms with Crippen LogP contribution < -0.4 is 4.74 Å². The highest BCUT2D eigenvalue weighted by Gasteiger charge is 2.33. The zero-order valence-electron chi connectivity index (χ0n) is 14.0. The Hall–Kier alpha value is -2.88. The molecule has 0 radical (unpaired) electrons. The van der Waals surface area contributed by atoms with Gasteiger partial charge in [-0.25, -0.2) is 4.79 Å². The summed E-state index contributed by atoms with van der Waals surface area (Å²) in [5.74, 6) is -0.298. The summed E-state index contributed by atoms with van der Waals surface area (Å²) in [5.41, 5.74) is -0.0484. The van der Waals surface area contributed by atoms with E-state index in [1.165, 1.54) is 0 Å². The lowest BCUT2D eigenvalue weighted by Crippen LogP contribution is -2.37. The first-order valence-electron chi connectivity index (χ1n) is 7.51. The summed E-state index contributed by atoms with van der Waals surface area (Å²) in [4.78, 5) is 24.9. The third-order valence-corrected chi connectivity index (χ3v) is 3.60. The average Bonchev–Trinajstić information content (AvgIpc) is 2.60. The Balaban J connectivity index is 2.15. The number of carbonyl (C=O) groups excluding carboxylic acids is 2. The number of rotatable bonds is 6. The van der Waals surface area contributed by atoms with Gasteiger partial charge in [-0.1, -0.05) is 49.0 Å². The van der Waals surface area contributed by atoms with E-state index in [2.05, 4.69) is 6.58 Å². The monoisotopic (exact) mass is 324 g/mol. The maximum atomic E-state index is 12.5. The van der Waals surface area contributed by atoms with Gasteiger partial charge in [0.15, 0.2) is 5.60 Å². The average molecular weight is 324 g/mol. The molecule has 0 amide bonds. The predicted octanol–water partition coefficient (Wildman–Crippen LogP) is 3.91. The van der Waals surface area contributed by atoms with Gasteiger partial charge < -0.3 is 9.47 Å². The molecule has 0 saturated carbocycles. The van der Waals surface area contributed by atoms with Crippen LogP contribution in [0.5, 0.6) is 5.75 Å². The van der Waals surface area contributed by atoms with Crippen LogP contribution in [0.4, 0.5) is 0 Å². The summed E-state index contributed by atoms with van der Waals surface area (Å²) in [6.07, 6.45) is 0. The minimum absolute atomic E-state index is 0.169. The number of ether oxygens (including phenoxy) is 2. The number of methoxy groups -OCH3 is 1. The summed E-state index contributed by atoms with van der Waals surface area (Å²) in [5, 5.41) is 0. The molecule has 2 rings (SSSR count). The summed E-state index contributed by atoms with van der Waals surface area (Å²) in [7, 11) is 1.54. The fraction of sp³-hybridized carbons (Fsp3) is 0.200. The normalized spacial score (nSPS) is 10.8. The van der Waals surface area contributed by atoms with Crippen LogP contribution in [0.2, 0.25) is 0 Å². The molecule has 0 saturated heterocycles.